The molecule has 0 N–H and O–H groups in total. The van der Waals surface area contributed by atoms with E-state index in [1.807, 2.05) is 0 Å². The lowest BCUT2D eigenvalue weighted by Gasteiger charge is -2.39. The van der Waals surface area contributed by atoms with Gasteiger partial charge in [0.25, 0.3) is 0 Å². The second kappa shape index (κ2) is 9.50. The van der Waals surface area contributed by atoms with Gasteiger partial charge in [0.2, 0.25) is 15.9 Å². The van der Waals surface area contributed by atoms with Crippen LogP contribution in [0, 0.1) is 0 Å². The van der Waals surface area contributed by atoms with Gasteiger partial charge in [-0.2, -0.15) is 13.2 Å². The van der Waals surface area contributed by atoms with Crippen LogP contribution in [-0.2, 0) is 21.0 Å². The smallest absolute Gasteiger partial charge is 0.416 e. The normalized spacial score (nSPS) is 15.8. The molecular formula is C22H26F3N3O4S. The minimum Gasteiger partial charge on any atom is -0.497 e. The van der Waals surface area contributed by atoms with Crippen LogP contribution in [0.5, 0.6) is 5.75 Å². The minimum absolute atomic E-state index is 0.264. The van der Waals surface area contributed by atoms with Gasteiger partial charge in [0.05, 0.1) is 24.6 Å². The standard InChI is InChI=1S/C22H26F3N3O4S/c1-16(28(33(3,30)31)18-7-9-20(32-2)10-8-18)21(29)27-13-11-26(12-14-27)19-6-4-5-17(15-19)22(23,24)25/h4-10,15-16H,11-14H2,1-3H3/t16-/m1/s1. The van der Waals surface area contributed by atoms with Gasteiger partial charge in [-0.1, -0.05) is 6.07 Å². The molecular weight excluding hydrogens is 459 g/mol. The first-order valence-electron chi connectivity index (χ1n) is 10.3. The lowest BCUT2D eigenvalue weighted by molar-refractivity contribution is -0.137. The number of alkyl halides is 3. The van der Waals surface area contributed by atoms with Crippen LogP contribution in [0.2, 0.25) is 0 Å². The van der Waals surface area contributed by atoms with E-state index < -0.39 is 27.8 Å². The zero-order valence-corrected chi connectivity index (χ0v) is 19.4. The van der Waals surface area contributed by atoms with Gasteiger partial charge < -0.3 is 14.5 Å². The van der Waals surface area contributed by atoms with E-state index in [0.29, 0.717) is 30.2 Å². The maximum Gasteiger partial charge on any atom is 0.416 e. The Morgan fingerprint density at radius 2 is 1.67 bits per heavy atom. The number of ether oxygens (including phenoxy) is 1. The van der Waals surface area contributed by atoms with Crippen LogP contribution in [0.3, 0.4) is 0 Å². The van der Waals surface area contributed by atoms with Crippen molar-refractivity contribution in [3.05, 3.63) is 54.1 Å². The fourth-order valence-corrected chi connectivity index (χ4v) is 5.03. The molecule has 0 aliphatic carbocycles. The van der Waals surface area contributed by atoms with E-state index in [4.69, 9.17) is 4.74 Å². The van der Waals surface area contributed by atoms with Crippen molar-refractivity contribution >= 4 is 27.3 Å². The summed E-state index contributed by atoms with van der Waals surface area (Å²) in [7, 11) is -2.27. The van der Waals surface area contributed by atoms with Crippen molar-refractivity contribution in [2.45, 2.75) is 19.1 Å². The van der Waals surface area contributed by atoms with Gasteiger partial charge in [-0.05, 0) is 49.4 Å². The van der Waals surface area contributed by atoms with Gasteiger partial charge in [0.15, 0.2) is 0 Å². The number of halogens is 3. The molecule has 7 nitrogen and oxygen atoms in total. The highest BCUT2D eigenvalue weighted by Crippen LogP contribution is 2.32. The van der Waals surface area contributed by atoms with Gasteiger partial charge in [-0.25, -0.2) is 8.42 Å². The third-order valence-corrected chi connectivity index (χ3v) is 6.76. The number of benzene rings is 2. The Bertz CT molecular complexity index is 1080. The molecule has 0 bridgehead atoms. The number of piperazine rings is 1. The molecule has 1 atom stereocenters. The predicted octanol–water partition coefficient (Wildman–Crippen LogP) is 3.22. The average molecular weight is 486 g/mol. The molecule has 1 saturated heterocycles. The maximum absolute atomic E-state index is 13.1. The number of carbonyl (C=O) groups excluding carboxylic acids is 1. The Balaban J connectivity index is 1.72. The average Bonchev–Trinajstić information content (AvgIpc) is 2.78. The summed E-state index contributed by atoms with van der Waals surface area (Å²) in [5.74, 6) is 0.178. The molecule has 1 amide bonds. The highest BCUT2D eigenvalue weighted by molar-refractivity contribution is 7.92. The van der Waals surface area contributed by atoms with Crippen molar-refractivity contribution in [2.24, 2.45) is 0 Å². The van der Waals surface area contributed by atoms with Crippen LogP contribution in [0.1, 0.15) is 12.5 Å². The minimum atomic E-state index is -4.43. The molecule has 1 heterocycles. The number of methoxy groups -OCH3 is 1. The first-order valence-corrected chi connectivity index (χ1v) is 12.1. The molecule has 33 heavy (non-hydrogen) atoms. The Morgan fingerprint density at radius 1 is 1.06 bits per heavy atom. The Morgan fingerprint density at radius 3 is 2.18 bits per heavy atom. The second-order valence-corrected chi connectivity index (χ2v) is 9.65. The van der Waals surface area contributed by atoms with Crippen LogP contribution >= 0.6 is 0 Å². The molecule has 1 aliphatic rings. The van der Waals surface area contributed by atoms with E-state index in [2.05, 4.69) is 0 Å². The number of amides is 1. The van der Waals surface area contributed by atoms with Gasteiger partial charge in [-0.15, -0.1) is 0 Å². The fourth-order valence-electron chi connectivity index (χ4n) is 3.86. The molecule has 0 saturated carbocycles. The number of rotatable bonds is 6. The summed E-state index contributed by atoms with van der Waals surface area (Å²) in [6.07, 6.45) is -3.40. The van der Waals surface area contributed by atoms with Crippen molar-refractivity contribution in [1.82, 2.24) is 4.90 Å². The summed E-state index contributed by atoms with van der Waals surface area (Å²) in [5, 5.41) is 0. The van der Waals surface area contributed by atoms with Crippen molar-refractivity contribution in [3.8, 4) is 5.75 Å². The zero-order valence-electron chi connectivity index (χ0n) is 18.5. The molecule has 0 radical (unpaired) electrons. The zero-order chi connectivity index (χ0) is 24.4. The number of nitrogens with zero attached hydrogens (tertiary/aromatic N) is 3. The third-order valence-electron chi connectivity index (χ3n) is 5.52. The highest BCUT2D eigenvalue weighted by atomic mass is 32.2. The van der Waals surface area contributed by atoms with E-state index in [1.165, 1.54) is 25.0 Å². The van der Waals surface area contributed by atoms with E-state index >= 15 is 0 Å². The molecule has 0 spiro atoms. The first kappa shape index (κ1) is 24.7. The van der Waals surface area contributed by atoms with Crippen molar-refractivity contribution < 1.29 is 31.1 Å². The third kappa shape index (κ3) is 5.70. The van der Waals surface area contributed by atoms with E-state index in [-0.39, 0.29) is 19.0 Å². The Hall–Kier alpha value is -2.95. The van der Waals surface area contributed by atoms with Crippen molar-refractivity contribution in [1.29, 1.82) is 0 Å². The molecule has 180 valence electrons. The molecule has 11 heteroatoms. The summed E-state index contributed by atoms with van der Waals surface area (Å²) in [6.45, 7) is 2.72. The highest BCUT2D eigenvalue weighted by Gasteiger charge is 2.34. The maximum atomic E-state index is 13.1. The quantitative estimate of drug-likeness (QED) is 0.629. The number of anilines is 2. The molecule has 2 aromatic carbocycles. The lowest BCUT2D eigenvalue weighted by atomic mass is 10.1. The summed E-state index contributed by atoms with van der Waals surface area (Å²) in [4.78, 5) is 16.5. The molecule has 3 rings (SSSR count). The number of sulfonamides is 1. The predicted molar refractivity (Wildman–Crippen MR) is 120 cm³/mol. The Labute approximate surface area is 191 Å². The summed E-state index contributed by atoms with van der Waals surface area (Å²) in [6, 6.07) is 10.4. The van der Waals surface area contributed by atoms with E-state index in [9.17, 15) is 26.4 Å². The van der Waals surface area contributed by atoms with Gasteiger partial charge >= 0.3 is 6.18 Å². The molecule has 2 aromatic rings. The van der Waals surface area contributed by atoms with Crippen molar-refractivity contribution in [3.63, 3.8) is 0 Å². The SMILES string of the molecule is COc1ccc(N([C@H](C)C(=O)N2CCN(c3cccc(C(F)(F)F)c3)CC2)S(C)(=O)=O)cc1. The van der Waals surface area contributed by atoms with E-state index in [0.717, 1.165) is 22.7 Å². The molecule has 1 fully saturated rings. The van der Waals surface area contributed by atoms with Crippen LogP contribution in [0.15, 0.2) is 48.5 Å². The molecule has 0 unspecified atom stereocenters. The fraction of sp³-hybridized carbons (Fsp3) is 0.409. The van der Waals surface area contributed by atoms with Crippen LogP contribution < -0.4 is 13.9 Å². The van der Waals surface area contributed by atoms with Crippen LogP contribution in [-0.4, -0.2) is 64.8 Å². The number of carbonyl (C=O) groups is 1. The van der Waals surface area contributed by atoms with Crippen LogP contribution in [0.4, 0.5) is 24.5 Å². The molecule has 1 aliphatic heterocycles. The topological polar surface area (TPSA) is 70.2 Å². The van der Waals surface area contributed by atoms with Gasteiger partial charge in [-0.3, -0.25) is 9.10 Å². The van der Waals surface area contributed by atoms with Crippen molar-refractivity contribution in [2.75, 3.05) is 48.7 Å². The molecule has 0 aromatic heterocycles. The number of hydrogen-bond acceptors (Lipinski definition) is 5. The first-order chi connectivity index (χ1) is 15.4. The monoisotopic (exact) mass is 485 g/mol. The van der Waals surface area contributed by atoms with Gasteiger partial charge in [0.1, 0.15) is 11.8 Å². The largest absolute Gasteiger partial charge is 0.497 e. The van der Waals surface area contributed by atoms with E-state index in [1.54, 1.807) is 35.2 Å². The summed E-state index contributed by atoms with van der Waals surface area (Å²) < 4.78 is 70.2. The second-order valence-electron chi connectivity index (χ2n) is 7.79. The van der Waals surface area contributed by atoms with Crippen LogP contribution in [0.25, 0.3) is 0 Å². The summed E-state index contributed by atoms with van der Waals surface area (Å²) in [5.41, 5.74) is 0.0399. The van der Waals surface area contributed by atoms with Gasteiger partial charge in [0, 0.05) is 31.9 Å². The summed E-state index contributed by atoms with van der Waals surface area (Å²) >= 11 is 0. The number of hydrogen-bond donors (Lipinski definition) is 0. The lowest BCUT2D eigenvalue weighted by Crippen LogP contribution is -2.55. The Kier molecular flexibility index (Phi) is 7.11.